The van der Waals surface area contributed by atoms with E-state index in [-0.39, 0.29) is 0 Å². The Morgan fingerprint density at radius 3 is 2.54 bits per heavy atom. The van der Waals surface area contributed by atoms with E-state index in [1.807, 2.05) is 43.6 Å². The molecule has 1 aromatic heterocycles. The molecule has 1 saturated heterocycles. The van der Waals surface area contributed by atoms with E-state index in [1.54, 1.807) is 11.3 Å². The van der Waals surface area contributed by atoms with E-state index in [0.29, 0.717) is 13.2 Å². The summed E-state index contributed by atoms with van der Waals surface area (Å²) in [6.07, 6.45) is 1.37. The SMILES string of the molecule is Cc1cccc(C)c1OCC(O)CN1CCN(c2nccs2)CC1. The van der Waals surface area contributed by atoms with Crippen LogP contribution in [0.1, 0.15) is 11.1 Å². The first-order valence-electron chi connectivity index (χ1n) is 8.37. The van der Waals surface area contributed by atoms with Crippen LogP contribution in [-0.4, -0.2) is 60.4 Å². The number of aryl methyl sites for hydroxylation is 2. The van der Waals surface area contributed by atoms with Crippen LogP contribution in [0.4, 0.5) is 5.13 Å². The molecule has 1 unspecified atom stereocenters. The smallest absolute Gasteiger partial charge is 0.185 e. The van der Waals surface area contributed by atoms with Crippen molar-refractivity contribution in [3.63, 3.8) is 0 Å². The van der Waals surface area contributed by atoms with Crippen LogP contribution in [0.25, 0.3) is 0 Å². The molecule has 0 spiro atoms. The highest BCUT2D eigenvalue weighted by atomic mass is 32.1. The molecular weight excluding hydrogens is 322 g/mol. The first-order chi connectivity index (χ1) is 11.6. The summed E-state index contributed by atoms with van der Waals surface area (Å²) in [4.78, 5) is 8.96. The van der Waals surface area contributed by atoms with Gasteiger partial charge in [0.15, 0.2) is 5.13 Å². The van der Waals surface area contributed by atoms with Crippen molar-refractivity contribution in [2.24, 2.45) is 0 Å². The number of anilines is 1. The fourth-order valence-corrected chi connectivity index (χ4v) is 3.75. The molecule has 1 fully saturated rings. The van der Waals surface area contributed by atoms with E-state index < -0.39 is 6.10 Å². The minimum atomic E-state index is -0.476. The van der Waals surface area contributed by atoms with Gasteiger partial charge < -0.3 is 14.7 Å². The fraction of sp³-hybridized carbons (Fsp3) is 0.500. The van der Waals surface area contributed by atoms with Gasteiger partial charge >= 0.3 is 0 Å². The summed E-state index contributed by atoms with van der Waals surface area (Å²) in [5.74, 6) is 0.894. The zero-order valence-electron chi connectivity index (χ0n) is 14.3. The summed E-state index contributed by atoms with van der Waals surface area (Å²) in [5.41, 5.74) is 2.22. The zero-order valence-corrected chi connectivity index (χ0v) is 15.1. The van der Waals surface area contributed by atoms with Crippen molar-refractivity contribution in [2.45, 2.75) is 20.0 Å². The lowest BCUT2D eigenvalue weighted by molar-refractivity contribution is 0.0658. The highest BCUT2D eigenvalue weighted by Crippen LogP contribution is 2.22. The van der Waals surface area contributed by atoms with Gasteiger partial charge in [0, 0.05) is 44.3 Å². The lowest BCUT2D eigenvalue weighted by Crippen LogP contribution is -2.49. The number of nitrogens with zero attached hydrogens (tertiary/aromatic N) is 3. The minimum Gasteiger partial charge on any atom is -0.490 e. The Bertz CT molecular complexity index is 619. The molecule has 2 aromatic rings. The quantitative estimate of drug-likeness (QED) is 0.869. The number of hydrogen-bond acceptors (Lipinski definition) is 6. The fourth-order valence-electron chi connectivity index (χ4n) is 3.05. The molecule has 1 atom stereocenters. The van der Waals surface area contributed by atoms with Gasteiger partial charge in [0.1, 0.15) is 18.5 Å². The Kier molecular flexibility index (Phi) is 5.71. The van der Waals surface area contributed by atoms with Gasteiger partial charge in [0.2, 0.25) is 0 Å². The molecule has 1 aliphatic heterocycles. The van der Waals surface area contributed by atoms with Crippen LogP contribution in [0.3, 0.4) is 0 Å². The van der Waals surface area contributed by atoms with Crippen LogP contribution in [0, 0.1) is 13.8 Å². The van der Waals surface area contributed by atoms with E-state index in [4.69, 9.17) is 4.74 Å². The van der Waals surface area contributed by atoms with Crippen molar-refractivity contribution >= 4 is 16.5 Å². The van der Waals surface area contributed by atoms with Crippen molar-refractivity contribution in [1.82, 2.24) is 9.88 Å². The van der Waals surface area contributed by atoms with Crippen molar-refractivity contribution in [3.05, 3.63) is 40.9 Å². The predicted octanol–water partition coefficient (Wildman–Crippen LogP) is 2.32. The molecule has 1 aromatic carbocycles. The molecule has 2 heterocycles. The number of β-amino-alcohol motifs (C(OH)–C–C–N with tert-alkyl or cyclic N) is 1. The Labute approximate surface area is 147 Å². The number of rotatable bonds is 6. The average molecular weight is 347 g/mol. The van der Waals surface area contributed by atoms with Crippen LogP contribution in [0.5, 0.6) is 5.75 Å². The molecule has 0 amide bonds. The minimum absolute atomic E-state index is 0.332. The van der Waals surface area contributed by atoms with Crippen LogP contribution in [0.2, 0.25) is 0 Å². The van der Waals surface area contributed by atoms with Gasteiger partial charge in [-0.1, -0.05) is 18.2 Å². The molecule has 0 bridgehead atoms. The normalized spacial score (nSPS) is 17.0. The third-order valence-corrected chi connectivity index (χ3v) is 5.19. The van der Waals surface area contributed by atoms with Crippen molar-refractivity contribution in [3.8, 4) is 5.75 Å². The summed E-state index contributed by atoms with van der Waals surface area (Å²) < 4.78 is 5.86. The van der Waals surface area contributed by atoms with Gasteiger partial charge in [-0.05, 0) is 25.0 Å². The van der Waals surface area contributed by atoms with E-state index >= 15 is 0 Å². The number of thiazole rings is 1. The second-order valence-corrected chi connectivity index (χ2v) is 7.16. The maximum Gasteiger partial charge on any atom is 0.185 e. The summed E-state index contributed by atoms with van der Waals surface area (Å²) in [5, 5.41) is 13.4. The van der Waals surface area contributed by atoms with E-state index in [9.17, 15) is 5.11 Å². The Hall–Kier alpha value is -1.63. The largest absolute Gasteiger partial charge is 0.490 e. The van der Waals surface area contributed by atoms with Gasteiger partial charge in [-0.25, -0.2) is 4.98 Å². The molecule has 0 aliphatic carbocycles. The Balaban J connectivity index is 1.44. The topological polar surface area (TPSA) is 48.8 Å². The van der Waals surface area contributed by atoms with E-state index in [0.717, 1.165) is 48.2 Å². The van der Waals surface area contributed by atoms with E-state index in [2.05, 4.69) is 14.8 Å². The highest BCUT2D eigenvalue weighted by Gasteiger charge is 2.21. The lowest BCUT2D eigenvalue weighted by atomic mass is 10.1. The monoisotopic (exact) mass is 347 g/mol. The number of ether oxygens (including phenoxy) is 1. The predicted molar refractivity (Wildman–Crippen MR) is 98.2 cm³/mol. The first-order valence-corrected chi connectivity index (χ1v) is 9.25. The van der Waals surface area contributed by atoms with Crippen LogP contribution in [0.15, 0.2) is 29.8 Å². The molecule has 24 heavy (non-hydrogen) atoms. The Morgan fingerprint density at radius 2 is 1.92 bits per heavy atom. The maximum absolute atomic E-state index is 10.3. The second-order valence-electron chi connectivity index (χ2n) is 6.29. The molecular formula is C18H25N3O2S. The number of aliphatic hydroxyl groups excluding tert-OH is 1. The van der Waals surface area contributed by atoms with Crippen molar-refractivity contribution < 1.29 is 9.84 Å². The summed E-state index contributed by atoms with van der Waals surface area (Å²) in [6.45, 7) is 8.85. The average Bonchev–Trinajstić information content (AvgIpc) is 3.09. The molecule has 130 valence electrons. The molecule has 6 heteroatoms. The highest BCUT2D eigenvalue weighted by molar-refractivity contribution is 7.13. The Morgan fingerprint density at radius 1 is 1.21 bits per heavy atom. The summed E-state index contributed by atoms with van der Waals surface area (Å²) >= 11 is 1.68. The third kappa shape index (κ3) is 4.26. The van der Waals surface area contributed by atoms with Crippen LogP contribution < -0.4 is 9.64 Å². The standard InChI is InChI=1S/C18H25N3O2S/c1-14-4-3-5-15(2)17(14)23-13-16(22)12-20-7-9-21(10-8-20)18-19-6-11-24-18/h3-6,11,16,22H,7-10,12-13H2,1-2H3. The van der Waals surface area contributed by atoms with Gasteiger partial charge in [0.05, 0.1) is 0 Å². The number of piperazine rings is 1. The second kappa shape index (κ2) is 7.96. The maximum atomic E-state index is 10.3. The number of aromatic nitrogens is 1. The zero-order chi connectivity index (χ0) is 16.9. The lowest BCUT2D eigenvalue weighted by Gasteiger charge is -2.35. The van der Waals surface area contributed by atoms with E-state index in [1.165, 1.54) is 0 Å². The molecule has 1 N–H and O–H groups in total. The number of aliphatic hydroxyl groups is 1. The summed E-state index contributed by atoms with van der Waals surface area (Å²) in [6, 6.07) is 6.09. The summed E-state index contributed by atoms with van der Waals surface area (Å²) in [7, 11) is 0. The molecule has 5 nitrogen and oxygen atoms in total. The molecule has 0 radical (unpaired) electrons. The van der Waals surface area contributed by atoms with Gasteiger partial charge in [-0.2, -0.15) is 0 Å². The molecule has 1 aliphatic rings. The third-order valence-electron chi connectivity index (χ3n) is 4.36. The van der Waals surface area contributed by atoms with Crippen LogP contribution >= 0.6 is 11.3 Å². The number of benzene rings is 1. The number of hydrogen-bond donors (Lipinski definition) is 1. The molecule has 0 saturated carbocycles. The molecule has 3 rings (SSSR count). The van der Waals surface area contributed by atoms with Gasteiger partial charge in [0.25, 0.3) is 0 Å². The van der Waals surface area contributed by atoms with Gasteiger partial charge in [-0.3, -0.25) is 4.90 Å². The first kappa shape index (κ1) is 17.2. The van der Waals surface area contributed by atoms with Crippen molar-refractivity contribution in [2.75, 3.05) is 44.2 Å². The number of para-hydroxylation sites is 1. The van der Waals surface area contributed by atoms with Gasteiger partial charge in [-0.15, -0.1) is 11.3 Å². The van der Waals surface area contributed by atoms with Crippen LogP contribution in [-0.2, 0) is 0 Å². The van der Waals surface area contributed by atoms with Crippen molar-refractivity contribution in [1.29, 1.82) is 0 Å².